The summed E-state index contributed by atoms with van der Waals surface area (Å²) in [5, 5.41) is 9.79. The van der Waals surface area contributed by atoms with E-state index < -0.39 is 44.7 Å². The molecule has 1 amide bonds. The minimum Gasteiger partial charge on any atom is -0.369 e. The summed E-state index contributed by atoms with van der Waals surface area (Å²) >= 11 is 0. The number of carbonyl (C=O) groups excluding carboxylic acids is 1. The smallest absolute Gasteiger partial charge is 0.369 e. The van der Waals surface area contributed by atoms with E-state index >= 15 is 0 Å². The molecule has 5 nitrogen and oxygen atoms in total. The number of aliphatic hydroxyl groups is 1. The summed E-state index contributed by atoms with van der Waals surface area (Å²) < 4.78 is 105. The zero-order valence-electron chi connectivity index (χ0n) is 22.7. The highest BCUT2D eigenvalue weighted by atomic mass is 32.2. The van der Waals surface area contributed by atoms with Gasteiger partial charge in [0.2, 0.25) is 5.91 Å². The molecule has 1 heterocycles. The van der Waals surface area contributed by atoms with Gasteiger partial charge >= 0.3 is 12.4 Å². The van der Waals surface area contributed by atoms with E-state index in [1.165, 1.54) is 19.1 Å². The maximum atomic E-state index is 13.4. The normalized spacial score (nSPS) is 20.1. The Hall–Kier alpha value is -3.38. The molecule has 12 heteroatoms. The summed E-state index contributed by atoms with van der Waals surface area (Å²) in [7, 11) is -3.41. The van der Waals surface area contributed by atoms with Crippen molar-refractivity contribution in [3.63, 3.8) is 0 Å². The fourth-order valence-corrected chi connectivity index (χ4v) is 6.36. The quantitative estimate of drug-likeness (QED) is 0.336. The van der Waals surface area contributed by atoms with Gasteiger partial charge in [-0.1, -0.05) is 80.6 Å². The number of carbonyl (C=O) groups is 1. The predicted octanol–water partition coefficient (Wildman–Crippen LogP) is 5.92. The Bertz CT molecular complexity index is 1510. The molecular formula is C30H29F6NO4S. The molecule has 3 aromatic rings. The molecular weight excluding hydrogens is 584 g/mol. The SMILES string of the molecule is CCS(=O)(=O)c1ccc(CC(=O)N2C[C@H](c3ccc(C(O)(C(F)(F)F)C(F)(F)F)cc3)[C@](C)(c3ccccc3)C2)cc1. The number of amides is 1. The summed E-state index contributed by atoms with van der Waals surface area (Å²) in [5.41, 5.74) is -5.32. The number of sulfone groups is 1. The second kappa shape index (κ2) is 11.0. The molecule has 0 radical (unpaired) electrons. The second-order valence-corrected chi connectivity index (χ2v) is 12.9. The Morgan fingerprint density at radius 1 is 0.905 bits per heavy atom. The van der Waals surface area contributed by atoms with Gasteiger partial charge in [0.05, 0.1) is 17.1 Å². The minimum absolute atomic E-state index is 0.0345. The van der Waals surface area contributed by atoms with Gasteiger partial charge in [-0.15, -0.1) is 0 Å². The van der Waals surface area contributed by atoms with Crippen molar-refractivity contribution in [3.05, 3.63) is 101 Å². The third kappa shape index (κ3) is 5.66. The lowest BCUT2D eigenvalue weighted by Gasteiger charge is -2.34. The van der Waals surface area contributed by atoms with Gasteiger partial charge in [0.25, 0.3) is 5.60 Å². The van der Waals surface area contributed by atoms with Crippen molar-refractivity contribution < 1.29 is 44.7 Å². The highest BCUT2D eigenvalue weighted by molar-refractivity contribution is 7.91. The van der Waals surface area contributed by atoms with Crippen molar-refractivity contribution in [3.8, 4) is 0 Å². The van der Waals surface area contributed by atoms with Crippen molar-refractivity contribution in [2.75, 3.05) is 18.8 Å². The molecule has 0 saturated carbocycles. The molecule has 42 heavy (non-hydrogen) atoms. The predicted molar refractivity (Wildman–Crippen MR) is 143 cm³/mol. The minimum atomic E-state index is -6.00. The molecule has 1 saturated heterocycles. The van der Waals surface area contributed by atoms with Crippen LogP contribution < -0.4 is 0 Å². The molecule has 1 aliphatic rings. The molecule has 4 rings (SSSR count). The molecule has 1 fully saturated rings. The van der Waals surface area contributed by atoms with E-state index in [2.05, 4.69) is 0 Å². The molecule has 0 aromatic heterocycles. The summed E-state index contributed by atoms with van der Waals surface area (Å²) in [6, 6.07) is 18.6. The summed E-state index contributed by atoms with van der Waals surface area (Å²) in [5.74, 6) is -0.837. The van der Waals surface area contributed by atoms with Gasteiger partial charge in [0.1, 0.15) is 0 Å². The maximum absolute atomic E-state index is 13.4. The van der Waals surface area contributed by atoms with E-state index in [1.807, 2.05) is 19.1 Å². The monoisotopic (exact) mass is 613 g/mol. The van der Waals surface area contributed by atoms with Crippen LogP contribution in [0.15, 0.2) is 83.8 Å². The fraction of sp³-hybridized carbons (Fsp3) is 0.367. The van der Waals surface area contributed by atoms with Crippen LogP contribution in [-0.2, 0) is 32.1 Å². The summed E-state index contributed by atoms with van der Waals surface area (Å²) in [6.45, 7) is 3.76. The van der Waals surface area contributed by atoms with Gasteiger partial charge in [0.15, 0.2) is 9.84 Å². The number of benzene rings is 3. The van der Waals surface area contributed by atoms with Crippen molar-refractivity contribution >= 4 is 15.7 Å². The van der Waals surface area contributed by atoms with E-state index in [0.29, 0.717) is 23.3 Å². The van der Waals surface area contributed by atoms with Crippen LogP contribution >= 0.6 is 0 Å². The highest BCUT2D eigenvalue weighted by Gasteiger charge is 2.71. The second-order valence-electron chi connectivity index (χ2n) is 10.7. The maximum Gasteiger partial charge on any atom is 0.430 e. The Morgan fingerprint density at radius 3 is 1.95 bits per heavy atom. The molecule has 1 N–H and O–H groups in total. The Balaban J connectivity index is 1.65. The third-order valence-corrected chi connectivity index (χ3v) is 9.80. The lowest BCUT2D eigenvalue weighted by Crippen LogP contribution is -2.53. The van der Waals surface area contributed by atoms with Crippen LogP contribution in [0.1, 0.15) is 42.0 Å². The number of alkyl halides is 6. The van der Waals surface area contributed by atoms with Crippen LogP contribution in [0.25, 0.3) is 0 Å². The first kappa shape index (κ1) is 31.6. The van der Waals surface area contributed by atoms with Crippen LogP contribution in [0.3, 0.4) is 0 Å². The molecule has 0 unspecified atom stereocenters. The van der Waals surface area contributed by atoms with E-state index in [4.69, 9.17) is 0 Å². The zero-order chi connectivity index (χ0) is 31.1. The molecule has 0 spiro atoms. The van der Waals surface area contributed by atoms with E-state index in [9.17, 15) is 44.7 Å². The van der Waals surface area contributed by atoms with Gasteiger partial charge in [-0.05, 0) is 28.8 Å². The van der Waals surface area contributed by atoms with Crippen LogP contribution in [0.4, 0.5) is 26.3 Å². The van der Waals surface area contributed by atoms with Gasteiger partial charge in [0, 0.05) is 30.0 Å². The Morgan fingerprint density at radius 2 is 1.45 bits per heavy atom. The molecule has 1 aliphatic heterocycles. The molecule has 2 atom stereocenters. The molecule has 3 aromatic carbocycles. The Labute approximate surface area is 239 Å². The first-order valence-electron chi connectivity index (χ1n) is 13.1. The van der Waals surface area contributed by atoms with Crippen LogP contribution in [0.2, 0.25) is 0 Å². The van der Waals surface area contributed by atoms with Gasteiger partial charge in [-0.2, -0.15) is 26.3 Å². The first-order valence-corrected chi connectivity index (χ1v) is 14.7. The number of rotatable bonds is 7. The van der Waals surface area contributed by atoms with Crippen LogP contribution in [0, 0.1) is 0 Å². The summed E-state index contributed by atoms with van der Waals surface area (Å²) in [4.78, 5) is 15.1. The number of halogens is 6. The average molecular weight is 614 g/mol. The molecule has 226 valence electrons. The van der Waals surface area contributed by atoms with Crippen molar-refractivity contribution in [1.82, 2.24) is 4.90 Å². The fourth-order valence-electron chi connectivity index (χ4n) is 5.48. The zero-order valence-corrected chi connectivity index (χ0v) is 23.5. The number of likely N-dealkylation sites (tertiary alicyclic amines) is 1. The van der Waals surface area contributed by atoms with E-state index in [1.54, 1.807) is 35.2 Å². The van der Waals surface area contributed by atoms with Crippen molar-refractivity contribution in [2.45, 2.75) is 54.5 Å². The van der Waals surface area contributed by atoms with Gasteiger partial charge in [-0.25, -0.2) is 8.42 Å². The van der Waals surface area contributed by atoms with Crippen LogP contribution in [-0.4, -0.2) is 55.5 Å². The average Bonchev–Trinajstić information content (AvgIpc) is 3.31. The lowest BCUT2D eigenvalue weighted by atomic mass is 9.71. The Kier molecular flexibility index (Phi) is 8.29. The highest BCUT2D eigenvalue weighted by Crippen LogP contribution is 2.51. The van der Waals surface area contributed by atoms with Crippen molar-refractivity contribution in [2.24, 2.45) is 0 Å². The first-order chi connectivity index (χ1) is 19.4. The van der Waals surface area contributed by atoms with Crippen LogP contribution in [0.5, 0.6) is 0 Å². The largest absolute Gasteiger partial charge is 0.430 e. The third-order valence-electron chi connectivity index (χ3n) is 8.05. The van der Waals surface area contributed by atoms with Gasteiger partial charge < -0.3 is 10.0 Å². The molecule has 0 aliphatic carbocycles. The standard InChI is InChI=1S/C30H29F6NO4S/c1-3-42(40,41)24-15-9-20(10-16-24)17-26(38)37-18-25(27(2,19-37)22-7-5-4-6-8-22)21-11-13-23(14-12-21)28(39,29(31,32)33)30(34,35)36/h4-16,25,39H,3,17-19H2,1-2H3/t25-,27+/m1/s1. The van der Waals surface area contributed by atoms with Gasteiger partial charge in [-0.3, -0.25) is 4.79 Å². The summed E-state index contributed by atoms with van der Waals surface area (Å²) in [6.07, 6.45) is -12.0. The number of hydrogen-bond acceptors (Lipinski definition) is 4. The number of hydrogen-bond donors (Lipinski definition) is 1. The topological polar surface area (TPSA) is 74.7 Å². The number of nitrogens with zero attached hydrogens (tertiary/aromatic N) is 1. The molecule has 0 bridgehead atoms. The van der Waals surface area contributed by atoms with E-state index in [-0.39, 0.29) is 36.1 Å². The van der Waals surface area contributed by atoms with E-state index in [0.717, 1.165) is 17.7 Å². The van der Waals surface area contributed by atoms with Crippen molar-refractivity contribution in [1.29, 1.82) is 0 Å². The lowest BCUT2D eigenvalue weighted by molar-refractivity contribution is -0.376.